The molecule has 8 nitrogen and oxygen atoms in total. The first-order valence-corrected chi connectivity index (χ1v) is 10.9. The second-order valence-electron chi connectivity index (χ2n) is 8.35. The van der Waals surface area contributed by atoms with E-state index in [4.69, 9.17) is 10.7 Å². The molecule has 1 amide bonds. The lowest BCUT2D eigenvalue weighted by Crippen LogP contribution is -2.41. The molecule has 160 valence electrons. The minimum Gasteiger partial charge on any atom is -0.382 e. The number of carbonyl (C=O) groups is 1. The van der Waals surface area contributed by atoms with Gasteiger partial charge in [-0.15, -0.1) is 0 Å². The third-order valence-corrected chi connectivity index (χ3v) is 6.44. The number of rotatable bonds is 3. The number of likely N-dealkylation sites (tertiary alicyclic amines) is 1. The second-order valence-corrected chi connectivity index (χ2v) is 8.35. The van der Waals surface area contributed by atoms with E-state index in [1.54, 1.807) is 12.4 Å². The maximum absolute atomic E-state index is 12.7. The number of nitrogens with two attached hydrogens (primary N) is 1. The molecule has 0 spiro atoms. The van der Waals surface area contributed by atoms with E-state index in [0.29, 0.717) is 31.0 Å². The summed E-state index contributed by atoms with van der Waals surface area (Å²) in [4.78, 5) is 31.6. The Kier molecular flexibility index (Phi) is 4.31. The Bertz CT molecular complexity index is 1370. The van der Waals surface area contributed by atoms with Gasteiger partial charge < -0.3 is 15.6 Å². The van der Waals surface area contributed by atoms with Crippen LogP contribution in [-0.4, -0.2) is 49.0 Å². The van der Waals surface area contributed by atoms with Crippen molar-refractivity contribution in [1.29, 1.82) is 0 Å². The van der Waals surface area contributed by atoms with Crippen molar-refractivity contribution in [3.05, 3.63) is 60.8 Å². The van der Waals surface area contributed by atoms with Crippen molar-refractivity contribution in [1.82, 2.24) is 24.3 Å². The molecule has 2 aliphatic heterocycles. The van der Waals surface area contributed by atoms with Crippen LogP contribution < -0.4 is 5.73 Å². The highest BCUT2D eigenvalue weighted by Gasteiger charge is 2.30. The third-order valence-electron chi connectivity index (χ3n) is 6.44. The number of nitrogen functional groups attached to an aromatic ring is 1. The molecule has 0 aliphatic carbocycles. The van der Waals surface area contributed by atoms with Crippen molar-refractivity contribution in [2.24, 2.45) is 4.99 Å². The molecule has 1 fully saturated rings. The van der Waals surface area contributed by atoms with Gasteiger partial charge >= 0.3 is 0 Å². The van der Waals surface area contributed by atoms with Gasteiger partial charge in [0, 0.05) is 54.9 Å². The quantitative estimate of drug-likeness (QED) is 0.524. The summed E-state index contributed by atoms with van der Waals surface area (Å²) in [7, 11) is 0. The summed E-state index contributed by atoms with van der Waals surface area (Å²) in [5.74, 6) is 1.71. The summed E-state index contributed by atoms with van der Waals surface area (Å²) < 4.78 is 2.07. The number of benzene rings is 1. The Morgan fingerprint density at radius 3 is 2.81 bits per heavy atom. The molecule has 1 saturated heterocycles. The number of carbonyl (C=O) groups excluding carboxylic acids is 1. The number of piperidine rings is 1. The number of aromatic nitrogens is 4. The fraction of sp³-hybridized carbons (Fsp3) is 0.250. The molecular weight excluding hydrogens is 402 g/mol. The van der Waals surface area contributed by atoms with Crippen molar-refractivity contribution in [2.75, 3.05) is 18.8 Å². The van der Waals surface area contributed by atoms with E-state index in [-0.39, 0.29) is 11.8 Å². The molecule has 5 heterocycles. The molecule has 1 aromatic carbocycles. The van der Waals surface area contributed by atoms with Crippen LogP contribution in [0.1, 0.15) is 31.0 Å². The molecule has 3 aromatic heterocycles. The van der Waals surface area contributed by atoms with Crippen LogP contribution in [0.4, 0.5) is 5.82 Å². The summed E-state index contributed by atoms with van der Waals surface area (Å²) in [6.45, 7) is 1.39. The molecule has 2 aliphatic rings. The number of aromatic amines is 1. The van der Waals surface area contributed by atoms with Crippen LogP contribution in [0.2, 0.25) is 0 Å². The van der Waals surface area contributed by atoms with Crippen LogP contribution in [0.15, 0.2) is 60.0 Å². The van der Waals surface area contributed by atoms with Gasteiger partial charge in [0.15, 0.2) is 0 Å². The summed E-state index contributed by atoms with van der Waals surface area (Å²) in [5.41, 5.74) is 10.6. The minimum absolute atomic E-state index is 0.0497. The molecule has 0 bridgehead atoms. The van der Waals surface area contributed by atoms with E-state index in [2.05, 4.69) is 37.6 Å². The first-order valence-electron chi connectivity index (χ1n) is 10.9. The molecule has 0 unspecified atom stereocenters. The van der Waals surface area contributed by atoms with Crippen LogP contribution in [0, 0.1) is 0 Å². The normalized spacial score (nSPS) is 16.9. The SMILES string of the molecule is Nc1nccn2c(C3CCN(C(=O)C4=NC=CC4)CC3)nc(-c3cc4ccccc4[nH]3)c12. The summed E-state index contributed by atoms with van der Waals surface area (Å²) in [6.07, 6.45) is 9.59. The molecule has 32 heavy (non-hydrogen) atoms. The zero-order valence-corrected chi connectivity index (χ0v) is 17.5. The maximum Gasteiger partial charge on any atom is 0.268 e. The van der Waals surface area contributed by atoms with Crippen molar-refractivity contribution in [2.45, 2.75) is 25.2 Å². The fourth-order valence-electron chi connectivity index (χ4n) is 4.79. The number of nitrogens with one attached hydrogen (secondary N) is 1. The Morgan fingerprint density at radius 2 is 2.03 bits per heavy atom. The molecule has 0 radical (unpaired) electrons. The van der Waals surface area contributed by atoms with E-state index < -0.39 is 0 Å². The number of anilines is 1. The summed E-state index contributed by atoms with van der Waals surface area (Å²) in [6, 6.07) is 10.3. The molecule has 0 saturated carbocycles. The van der Waals surface area contributed by atoms with Gasteiger partial charge in [-0.3, -0.25) is 14.2 Å². The lowest BCUT2D eigenvalue weighted by molar-refractivity contribution is -0.125. The Morgan fingerprint density at radius 1 is 1.19 bits per heavy atom. The fourth-order valence-corrected chi connectivity index (χ4v) is 4.79. The van der Waals surface area contributed by atoms with E-state index in [9.17, 15) is 4.79 Å². The minimum atomic E-state index is 0.0497. The first kappa shape index (κ1) is 18.8. The topological polar surface area (TPSA) is 105 Å². The van der Waals surface area contributed by atoms with Gasteiger partial charge in [0.1, 0.15) is 28.6 Å². The predicted molar refractivity (Wildman–Crippen MR) is 124 cm³/mol. The van der Waals surface area contributed by atoms with Crippen LogP contribution in [-0.2, 0) is 4.79 Å². The van der Waals surface area contributed by atoms with Gasteiger partial charge in [-0.25, -0.2) is 9.97 Å². The number of para-hydroxylation sites is 1. The molecule has 0 atom stereocenters. The molecule has 4 aromatic rings. The van der Waals surface area contributed by atoms with Crippen LogP contribution in [0.25, 0.3) is 27.8 Å². The van der Waals surface area contributed by atoms with E-state index in [0.717, 1.165) is 46.5 Å². The van der Waals surface area contributed by atoms with Crippen molar-refractivity contribution < 1.29 is 4.79 Å². The van der Waals surface area contributed by atoms with Gasteiger partial charge in [-0.05, 0) is 25.0 Å². The van der Waals surface area contributed by atoms with Gasteiger partial charge in [-0.2, -0.15) is 0 Å². The zero-order chi connectivity index (χ0) is 21.7. The third kappa shape index (κ3) is 2.98. The van der Waals surface area contributed by atoms with Crippen LogP contribution in [0.5, 0.6) is 0 Å². The zero-order valence-electron chi connectivity index (χ0n) is 17.5. The maximum atomic E-state index is 12.7. The highest BCUT2D eigenvalue weighted by atomic mass is 16.2. The smallest absolute Gasteiger partial charge is 0.268 e. The molecular formula is C24H23N7O. The molecule has 8 heteroatoms. The number of imidazole rings is 1. The highest BCUT2D eigenvalue weighted by Crippen LogP contribution is 2.35. The van der Waals surface area contributed by atoms with E-state index in [1.165, 1.54) is 0 Å². The number of H-pyrrole nitrogens is 1. The average Bonchev–Trinajstić information content (AvgIpc) is 3.57. The second kappa shape index (κ2) is 7.33. The lowest BCUT2D eigenvalue weighted by atomic mass is 9.95. The molecule has 3 N–H and O–H groups in total. The number of amides is 1. The average molecular weight is 425 g/mol. The van der Waals surface area contributed by atoms with E-state index >= 15 is 0 Å². The van der Waals surface area contributed by atoms with Crippen molar-refractivity contribution in [3.63, 3.8) is 0 Å². The number of fused-ring (bicyclic) bond motifs is 2. The Hall–Kier alpha value is -3.94. The highest BCUT2D eigenvalue weighted by molar-refractivity contribution is 6.39. The number of nitrogens with zero attached hydrogens (tertiary/aromatic N) is 5. The number of hydrogen-bond acceptors (Lipinski definition) is 5. The Balaban J connectivity index is 1.34. The van der Waals surface area contributed by atoms with Crippen molar-refractivity contribution in [3.8, 4) is 11.4 Å². The van der Waals surface area contributed by atoms with Gasteiger partial charge in [-0.1, -0.05) is 24.3 Å². The van der Waals surface area contributed by atoms with Gasteiger partial charge in [0.05, 0.1) is 5.69 Å². The lowest BCUT2D eigenvalue weighted by Gasteiger charge is -2.31. The number of allylic oxidation sites excluding steroid dienone is 1. The van der Waals surface area contributed by atoms with Crippen LogP contribution in [0.3, 0.4) is 0 Å². The van der Waals surface area contributed by atoms with Crippen LogP contribution >= 0.6 is 0 Å². The molecule has 6 rings (SSSR count). The predicted octanol–water partition coefficient (Wildman–Crippen LogP) is 3.52. The van der Waals surface area contributed by atoms with Gasteiger partial charge in [0.2, 0.25) is 0 Å². The largest absolute Gasteiger partial charge is 0.382 e. The summed E-state index contributed by atoms with van der Waals surface area (Å²) >= 11 is 0. The number of hydrogen-bond donors (Lipinski definition) is 2. The standard InChI is InChI=1S/C24H23N7O/c25-22-21-20(19-14-16-4-1-2-5-17(16)28-19)29-23(31(21)13-10-27-22)15-7-11-30(12-8-15)24(32)18-6-3-9-26-18/h1-5,9-10,13-15,28H,6-8,11-12H2,(H2,25,27). The van der Waals surface area contributed by atoms with Crippen molar-refractivity contribution >= 4 is 33.9 Å². The number of aliphatic imine (C=N–C) groups is 1. The summed E-state index contributed by atoms with van der Waals surface area (Å²) in [5, 5.41) is 1.13. The monoisotopic (exact) mass is 425 g/mol. The van der Waals surface area contributed by atoms with Gasteiger partial charge in [0.25, 0.3) is 5.91 Å². The first-order chi connectivity index (χ1) is 15.7. The van der Waals surface area contributed by atoms with E-state index in [1.807, 2.05) is 29.3 Å². The Labute approximate surface area is 184 Å².